The van der Waals surface area contributed by atoms with Crippen LogP contribution in [-0.4, -0.2) is 121 Å². The zero-order valence-corrected chi connectivity index (χ0v) is 24.7. The fourth-order valence-corrected chi connectivity index (χ4v) is 4.70. The summed E-state index contributed by atoms with van der Waals surface area (Å²) < 4.78 is 21.8. The van der Waals surface area contributed by atoms with Crippen LogP contribution in [0.25, 0.3) is 10.8 Å². The fraction of sp³-hybridized carbons (Fsp3) is 0.586. The molecular weight excluding hydrogens is 561 g/mol. The molecule has 0 unspecified atom stereocenters. The summed E-state index contributed by atoms with van der Waals surface area (Å²) in [5.41, 5.74) is 6.73. The molecule has 0 radical (unpaired) electrons. The van der Waals surface area contributed by atoms with Gasteiger partial charge in [0.2, 0.25) is 0 Å². The number of ether oxygens (including phenoxy) is 2. The summed E-state index contributed by atoms with van der Waals surface area (Å²) in [6, 6.07) is 11.8. The van der Waals surface area contributed by atoms with E-state index in [2.05, 4.69) is 5.32 Å². The largest absolute Gasteiger partial charge is 0.461 e. The van der Waals surface area contributed by atoms with Gasteiger partial charge < -0.3 is 55.2 Å². The average molecular weight is 605 g/mol. The van der Waals surface area contributed by atoms with Crippen LogP contribution in [0, 0.1) is 5.92 Å². The monoisotopic (exact) mass is 605 g/mol. The van der Waals surface area contributed by atoms with E-state index in [0.29, 0.717) is 32.7 Å². The summed E-state index contributed by atoms with van der Waals surface area (Å²) in [6.07, 6.45) is -6.62. The van der Waals surface area contributed by atoms with Crippen molar-refractivity contribution in [3.05, 3.63) is 48.0 Å². The topological polar surface area (TPSA) is 193 Å². The lowest BCUT2D eigenvalue weighted by Crippen LogP contribution is -2.53. The molecule has 6 atom stereocenters. The van der Waals surface area contributed by atoms with E-state index < -0.39 is 69.6 Å². The first-order valence-electron chi connectivity index (χ1n) is 14.5. The van der Waals surface area contributed by atoms with Crippen LogP contribution in [-0.2, 0) is 30.0 Å². The normalized spacial score (nSPS) is 18.0. The van der Waals surface area contributed by atoms with Crippen molar-refractivity contribution in [1.82, 2.24) is 10.2 Å². The number of urea groups is 1. The SMILES string of the molecule is CC(C)C[C@H](N)OBO[C@H](COC(=O)[C@H](Cc1cccc2ccccc12)NC(=O)N1CCOCC1)[C@@H](O)[C@H](O)[C@H](O)CO. The van der Waals surface area contributed by atoms with Crippen LogP contribution in [0.1, 0.15) is 25.8 Å². The molecular formula is C29H44BN3O10. The van der Waals surface area contributed by atoms with Crippen LogP contribution in [0.4, 0.5) is 4.79 Å². The first-order valence-corrected chi connectivity index (χ1v) is 14.5. The molecule has 3 rings (SSSR count). The van der Waals surface area contributed by atoms with Gasteiger partial charge in [-0.05, 0) is 28.7 Å². The molecule has 14 heteroatoms. The summed E-state index contributed by atoms with van der Waals surface area (Å²) >= 11 is 0. The molecule has 1 heterocycles. The van der Waals surface area contributed by atoms with E-state index in [4.69, 9.17) is 24.5 Å². The molecule has 0 aliphatic carbocycles. The summed E-state index contributed by atoms with van der Waals surface area (Å²) in [5.74, 6) is -0.546. The Kier molecular flexibility index (Phi) is 14.1. The summed E-state index contributed by atoms with van der Waals surface area (Å²) in [6.45, 7) is 4.06. The number of morpholine rings is 1. The van der Waals surface area contributed by atoms with Crippen molar-refractivity contribution in [3.63, 3.8) is 0 Å². The molecule has 13 nitrogen and oxygen atoms in total. The van der Waals surface area contributed by atoms with E-state index in [9.17, 15) is 30.0 Å². The number of aliphatic hydroxyl groups excluding tert-OH is 4. The number of aliphatic hydroxyl groups is 4. The second-order valence-corrected chi connectivity index (χ2v) is 11.0. The average Bonchev–Trinajstić information content (AvgIpc) is 3.01. The minimum atomic E-state index is -1.81. The van der Waals surface area contributed by atoms with Gasteiger partial charge in [-0.25, -0.2) is 9.59 Å². The minimum Gasteiger partial charge on any atom is -0.461 e. The first kappa shape index (κ1) is 34.7. The van der Waals surface area contributed by atoms with E-state index in [1.54, 1.807) is 4.90 Å². The number of amides is 2. The van der Waals surface area contributed by atoms with E-state index in [1.165, 1.54) is 0 Å². The van der Waals surface area contributed by atoms with Crippen LogP contribution in [0.3, 0.4) is 0 Å². The number of hydrogen-bond acceptors (Lipinski definition) is 11. The van der Waals surface area contributed by atoms with Crippen molar-refractivity contribution >= 4 is 30.5 Å². The summed E-state index contributed by atoms with van der Waals surface area (Å²) in [5, 5.41) is 44.7. The van der Waals surface area contributed by atoms with Crippen molar-refractivity contribution in [2.75, 3.05) is 39.5 Å². The molecule has 2 aromatic rings. The first-order chi connectivity index (χ1) is 20.6. The molecule has 1 fully saturated rings. The Bertz CT molecular complexity index is 1150. The number of benzene rings is 2. The van der Waals surface area contributed by atoms with Gasteiger partial charge in [0.1, 0.15) is 37.1 Å². The van der Waals surface area contributed by atoms with Crippen LogP contribution >= 0.6 is 0 Å². The second-order valence-electron chi connectivity index (χ2n) is 11.0. The van der Waals surface area contributed by atoms with Crippen molar-refractivity contribution in [1.29, 1.82) is 0 Å². The Labute approximate surface area is 252 Å². The van der Waals surface area contributed by atoms with Crippen LogP contribution < -0.4 is 11.1 Å². The predicted molar refractivity (Wildman–Crippen MR) is 159 cm³/mol. The van der Waals surface area contributed by atoms with Gasteiger partial charge in [-0.2, -0.15) is 0 Å². The molecule has 0 aromatic heterocycles. The third kappa shape index (κ3) is 10.7. The summed E-state index contributed by atoms with van der Waals surface area (Å²) in [7, 11) is -0.400. The van der Waals surface area contributed by atoms with Crippen molar-refractivity contribution < 1.29 is 48.8 Å². The lowest BCUT2D eigenvalue weighted by atomic mass is 9.98. The molecule has 43 heavy (non-hydrogen) atoms. The number of carbonyl (C=O) groups is 2. The quantitative estimate of drug-likeness (QED) is 0.0814. The maximum atomic E-state index is 13.5. The molecule has 238 valence electrons. The lowest BCUT2D eigenvalue weighted by Gasteiger charge is -2.30. The highest BCUT2D eigenvalue weighted by molar-refractivity contribution is 6.18. The van der Waals surface area contributed by atoms with Gasteiger partial charge in [-0.3, -0.25) is 0 Å². The van der Waals surface area contributed by atoms with E-state index in [1.807, 2.05) is 56.3 Å². The van der Waals surface area contributed by atoms with E-state index >= 15 is 0 Å². The lowest BCUT2D eigenvalue weighted by molar-refractivity contribution is -0.156. The summed E-state index contributed by atoms with van der Waals surface area (Å²) in [4.78, 5) is 28.1. The highest BCUT2D eigenvalue weighted by atomic mass is 16.6. The number of nitrogens with two attached hydrogens (primary N) is 1. The van der Waals surface area contributed by atoms with Gasteiger partial charge in [-0.1, -0.05) is 56.3 Å². The van der Waals surface area contributed by atoms with Crippen LogP contribution in [0.15, 0.2) is 42.5 Å². The minimum absolute atomic E-state index is 0.114. The number of rotatable bonds is 16. The van der Waals surface area contributed by atoms with Gasteiger partial charge in [0.25, 0.3) is 0 Å². The van der Waals surface area contributed by atoms with Crippen LogP contribution in [0.5, 0.6) is 0 Å². The third-order valence-corrected chi connectivity index (χ3v) is 7.15. The molecule has 1 saturated heterocycles. The predicted octanol–water partition coefficient (Wildman–Crippen LogP) is -0.590. The zero-order valence-electron chi connectivity index (χ0n) is 24.7. The maximum absolute atomic E-state index is 13.5. The highest BCUT2D eigenvalue weighted by Gasteiger charge is 2.34. The Morgan fingerprint density at radius 3 is 2.44 bits per heavy atom. The van der Waals surface area contributed by atoms with Crippen molar-refractivity contribution in [2.24, 2.45) is 11.7 Å². The van der Waals surface area contributed by atoms with Crippen molar-refractivity contribution in [3.8, 4) is 0 Å². The molecule has 1 aliphatic heterocycles. The van der Waals surface area contributed by atoms with Crippen LogP contribution in [0.2, 0.25) is 0 Å². The van der Waals surface area contributed by atoms with E-state index in [-0.39, 0.29) is 12.3 Å². The number of fused-ring (bicyclic) bond motifs is 1. The molecule has 0 spiro atoms. The molecule has 0 bridgehead atoms. The highest BCUT2D eigenvalue weighted by Crippen LogP contribution is 2.21. The Balaban J connectivity index is 1.76. The Morgan fingerprint density at radius 2 is 1.74 bits per heavy atom. The smallest absolute Gasteiger partial charge is 0.439 e. The molecule has 7 N–H and O–H groups in total. The Morgan fingerprint density at radius 1 is 1.05 bits per heavy atom. The molecule has 0 saturated carbocycles. The van der Waals surface area contributed by atoms with Gasteiger partial charge in [0, 0.05) is 19.5 Å². The Hall–Kier alpha value is -2.82. The number of esters is 1. The number of nitrogens with one attached hydrogen (secondary N) is 1. The van der Waals surface area contributed by atoms with Gasteiger partial charge >= 0.3 is 19.7 Å². The zero-order chi connectivity index (χ0) is 31.4. The maximum Gasteiger partial charge on any atom is 0.439 e. The van der Waals surface area contributed by atoms with E-state index in [0.717, 1.165) is 16.3 Å². The number of nitrogens with zero attached hydrogens (tertiary/aromatic N) is 1. The standard InChI is InChI=1S/C29H44BN3O10/c1-18(2)14-25(31)43-30-42-24(27(37)26(36)23(35)16-34)17-41-28(38)22(32-29(39)33-10-12-40-13-11-33)15-20-8-5-7-19-6-3-4-9-21(19)20/h3-9,18,22-27,30,34-37H,10-17,31H2,1-2H3,(H,32,39)/t22-,23+,24+,25+,26+,27+/m0/s1. The molecule has 1 aliphatic rings. The third-order valence-electron chi connectivity index (χ3n) is 7.15. The van der Waals surface area contributed by atoms with Crippen molar-refractivity contribution in [2.45, 2.75) is 63.4 Å². The van der Waals surface area contributed by atoms with Gasteiger partial charge in [0.05, 0.1) is 26.0 Å². The van der Waals surface area contributed by atoms with Gasteiger partial charge in [0.15, 0.2) is 0 Å². The molecule has 2 aromatic carbocycles. The van der Waals surface area contributed by atoms with Gasteiger partial charge in [-0.15, -0.1) is 0 Å². The second kappa shape index (κ2) is 17.5. The number of hydrogen-bond donors (Lipinski definition) is 6. The fourth-order valence-electron chi connectivity index (χ4n) is 4.70. The number of carbonyl (C=O) groups excluding carboxylic acids is 2. The molecule has 2 amide bonds.